The molecule has 5 unspecified atom stereocenters. The quantitative estimate of drug-likeness (QED) is 0.0768. The molecule has 14 nitrogen and oxygen atoms in total. The molecule has 3 fully saturated rings. The predicted molar refractivity (Wildman–Crippen MR) is 150 cm³/mol. The first kappa shape index (κ1) is 34.3. The largest absolute Gasteiger partial charge is 0.479 e. The minimum Gasteiger partial charge on any atom is -0.479 e. The van der Waals surface area contributed by atoms with Crippen molar-refractivity contribution in [3.63, 3.8) is 0 Å². The fourth-order valence-corrected chi connectivity index (χ4v) is 8.15. The van der Waals surface area contributed by atoms with Crippen LogP contribution in [0.5, 0.6) is 0 Å². The number of ether oxygens (including phenoxy) is 2. The van der Waals surface area contributed by atoms with Crippen LogP contribution in [0.2, 0.25) is 0 Å². The van der Waals surface area contributed by atoms with Crippen LogP contribution >= 0.6 is 11.8 Å². The van der Waals surface area contributed by atoms with Gasteiger partial charge in [-0.3, -0.25) is 9.59 Å². The van der Waals surface area contributed by atoms with E-state index in [2.05, 4.69) is 16.0 Å². The number of aliphatic hydroxyl groups excluding tert-OH is 3. The van der Waals surface area contributed by atoms with Crippen LogP contribution in [0.4, 0.5) is 4.79 Å². The van der Waals surface area contributed by atoms with Crippen LogP contribution in [0.3, 0.4) is 0 Å². The van der Waals surface area contributed by atoms with Crippen molar-refractivity contribution in [3.8, 4) is 0 Å². The molecular weight excluding hydrogens is 574 g/mol. The summed E-state index contributed by atoms with van der Waals surface area (Å²) in [7, 11) is 0. The van der Waals surface area contributed by atoms with Crippen LogP contribution in [-0.2, 0) is 23.9 Å². The zero-order valence-corrected chi connectivity index (χ0v) is 25.7. The lowest BCUT2D eigenvalue weighted by atomic mass is 9.50. The van der Waals surface area contributed by atoms with Gasteiger partial charge in [-0.05, 0) is 33.6 Å². The van der Waals surface area contributed by atoms with Gasteiger partial charge in [0, 0.05) is 29.8 Å². The van der Waals surface area contributed by atoms with Crippen molar-refractivity contribution in [2.24, 2.45) is 5.41 Å². The maximum absolute atomic E-state index is 13.0. The number of rotatable bonds is 12. The fraction of sp³-hybridized carbons (Fsp3) is 0.852. The number of aliphatic carboxylic acids is 1. The summed E-state index contributed by atoms with van der Waals surface area (Å²) in [5.74, 6) is -2.13. The molecule has 0 bridgehead atoms. The monoisotopic (exact) mass is 619 g/mol. The van der Waals surface area contributed by atoms with Gasteiger partial charge in [0.2, 0.25) is 11.5 Å². The molecule has 0 aromatic rings. The number of esters is 1. The number of amides is 3. The van der Waals surface area contributed by atoms with E-state index in [1.165, 1.54) is 34.6 Å². The summed E-state index contributed by atoms with van der Waals surface area (Å²) in [6.45, 7) is 5.98. The second-order valence-electron chi connectivity index (χ2n) is 12.6. The molecule has 0 aliphatic carbocycles. The van der Waals surface area contributed by atoms with Crippen molar-refractivity contribution in [1.82, 2.24) is 16.0 Å². The maximum atomic E-state index is 13.0. The fourth-order valence-electron chi connectivity index (χ4n) is 6.61. The van der Waals surface area contributed by atoms with Crippen LogP contribution in [0, 0.1) is 5.41 Å². The molecule has 3 saturated heterocycles. The molecule has 3 heterocycles. The van der Waals surface area contributed by atoms with Gasteiger partial charge in [0.05, 0.1) is 29.8 Å². The molecule has 3 rings (SSSR count). The molecule has 15 heteroatoms. The SMILES string of the molecule is CC(=O)N[C@@]1(C)C(C)(C(O)C(O)CO)O[C@](COC(=O)CCCCC2SC[C@@H]3NC(=O)N[C@H]23)(C(=O)O)C(C)(C)C1(C)O. The van der Waals surface area contributed by atoms with Crippen molar-refractivity contribution in [2.45, 2.75) is 119 Å². The van der Waals surface area contributed by atoms with E-state index in [1.54, 1.807) is 11.8 Å². The van der Waals surface area contributed by atoms with Crippen molar-refractivity contribution in [2.75, 3.05) is 19.0 Å². The van der Waals surface area contributed by atoms with Crippen LogP contribution in [0.15, 0.2) is 0 Å². The molecule has 42 heavy (non-hydrogen) atoms. The molecule has 0 saturated carbocycles. The number of nitrogens with one attached hydrogen (secondary N) is 3. The van der Waals surface area contributed by atoms with Gasteiger partial charge < -0.3 is 51.0 Å². The first-order valence-corrected chi connectivity index (χ1v) is 15.1. The molecule has 0 aromatic carbocycles. The highest BCUT2D eigenvalue weighted by atomic mass is 32.2. The number of fused-ring (bicyclic) bond motifs is 1. The Bertz CT molecular complexity index is 1070. The van der Waals surface area contributed by atoms with Crippen LogP contribution in [0.1, 0.15) is 67.2 Å². The Labute approximate surface area is 249 Å². The number of urea groups is 1. The molecule has 3 aliphatic rings. The topological polar surface area (TPSA) is 224 Å². The van der Waals surface area contributed by atoms with Crippen molar-refractivity contribution < 1.29 is 54.2 Å². The molecule has 9 atom stereocenters. The number of carboxylic acids is 1. The Hall–Kier alpha value is -2.17. The van der Waals surface area contributed by atoms with E-state index >= 15 is 0 Å². The van der Waals surface area contributed by atoms with Gasteiger partial charge in [-0.25, -0.2) is 9.59 Å². The first-order valence-electron chi connectivity index (χ1n) is 14.1. The van der Waals surface area contributed by atoms with Gasteiger partial charge >= 0.3 is 18.0 Å². The molecule has 240 valence electrons. The summed E-state index contributed by atoms with van der Waals surface area (Å²) < 4.78 is 11.6. The number of carboxylic acid groups (broad SMARTS) is 1. The lowest BCUT2D eigenvalue weighted by Crippen LogP contribution is -2.89. The second kappa shape index (κ2) is 12.1. The summed E-state index contributed by atoms with van der Waals surface area (Å²) >= 11 is 1.76. The number of hydrogen-bond acceptors (Lipinski definition) is 11. The number of thioether (sulfide) groups is 1. The number of carbonyl (C=O) groups excluding carboxylic acids is 3. The molecule has 8 N–H and O–H groups in total. The third-order valence-corrected chi connectivity index (χ3v) is 11.5. The number of unbranched alkanes of at least 4 members (excludes halogenated alkanes) is 1. The first-order chi connectivity index (χ1) is 19.3. The summed E-state index contributed by atoms with van der Waals surface area (Å²) in [6.07, 6.45) is -1.96. The van der Waals surface area contributed by atoms with Crippen LogP contribution in [0.25, 0.3) is 0 Å². The van der Waals surface area contributed by atoms with E-state index in [9.17, 15) is 44.7 Å². The minimum atomic E-state index is -2.46. The number of carbonyl (C=O) groups is 4. The average molecular weight is 620 g/mol. The zero-order chi connectivity index (χ0) is 31.9. The lowest BCUT2D eigenvalue weighted by molar-refractivity contribution is -0.364. The highest BCUT2D eigenvalue weighted by Crippen LogP contribution is 2.59. The third kappa shape index (κ3) is 5.47. The third-order valence-electron chi connectivity index (χ3n) is 9.96. The van der Waals surface area contributed by atoms with Gasteiger partial charge in [0.25, 0.3) is 0 Å². The Morgan fingerprint density at radius 2 is 1.79 bits per heavy atom. The smallest absolute Gasteiger partial charge is 0.340 e. The summed E-state index contributed by atoms with van der Waals surface area (Å²) in [6, 6.07) is -0.0404. The Kier molecular flexibility index (Phi) is 9.87. The molecule has 0 radical (unpaired) electrons. The molecular formula is C27H45N3O11S. The van der Waals surface area contributed by atoms with E-state index in [0.29, 0.717) is 12.8 Å². The van der Waals surface area contributed by atoms with Gasteiger partial charge in [0.1, 0.15) is 24.4 Å². The standard InChI is InChI=1S/C27H45N3O11S/c1-14(32)30-25(5)24(4,20(35)16(33)11-31)41-27(21(36)37,23(2,3)26(25,6)39)13-40-18(34)10-8-7-9-17-19-15(12-42-17)28-22(38)29-19/h15-17,19-20,31,33,35,39H,7-13H2,1-6H3,(H,30,32)(H,36,37)(H2,28,29,38)/t15-,16?,17?,19-,20?,24?,25-,26?,27+/m0/s1. The minimum absolute atomic E-state index is 0.0185. The van der Waals surface area contributed by atoms with Crippen molar-refractivity contribution in [3.05, 3.63) is 0 Å². The predicted octanol–water partition coefficient (Wildman–Crippen LogP) is -0.746. The van der Waals surface area contributed by atoms with E-state index < -0.39 is 71.0 Å². The van der Waals surface area contributed by atoms with Gasteiger partial charge in [0.15, 0.2) is 0 Å². The molecule has 0 spiro atoms. The normalized spacial score (nSPS) is 38.5. The molecule has 3 aliphatic heterocycles. The van der Waals surface area contributed by atoms with Gasteiger partial charge in [-0.2, -0.15) is 11.8 Å². The average Bonchev–Trinajstić information content (AvgIpc) is 3.45. The van der Waals surface area contributed by atoms with E-state index in [-0.39, 0.29) is 29.8 Å². The zero-order valence-electron chi connectivity index (χ0n) is 24.9. The maximum Gasteiger partial charge on any atom is 0.340 e. The Morgan fingerprint density at radius 3 is 2.36 bits per heavy atom. The highest BCUT2D eigenvalue weighted by molar-refractivity contribution is 8.00. The highest BCUT2D eigenvalue weighted by Gasteiger charge is 2.78. The number of hydrogen-bond donors (Lipinski definition) is 8. The van der Waals surface area contributed by atoms with Crippen LogP contribution < -0.4 is 16.0 Å². The van der Waals surface area contributed by atoms with Gasteiger partial charge in [-0.1, -0.05) is 20.3 Å². The van der Waals surface area contributed by atoms with E-state index in [4.69, 9.17) is 9.47 Å². The summed E-state index contributed by atoms with van der Waals surface area (Å²) in [5, 5.41) is 62.2. The number of aliphatic hydroxyl groups is 4. The Balaban J connectivity index is 1.79. The molecule has 0 aromatic heterocycles. The van der Waals surface area contributed by atoms with E-state index in [1.807, 2.05) is 0 Å². The van der Waals surface area contributed by atoms with Gasteiger partial charge in [-0.15, -0.1) is 0 Å². The van der Waals surface area contributed by atoms with Crippen LogP contribution in [-0.4, -0.2) is 120 Å². The molecule has 3 amide bonds. The Morgan fingerprint density at radius 1 is 1.14 bits per heavy atom. The summed E-state index contributed by atoms with van der Waals surface area (Å²) in [4.78, 5) is 49.6. The second-order valence-corrected chi connectivity index (χ2v) is 13.8. The lowest BCUT2D eigenvalue weighted by Gasteiger charge is -2.69. The summed E-state index contributed by atoms with van der Waals surface area (Å²) in [5.41, 5.74) is -10.5. The van der Waals surface area contributed by atoms with E-state index in [0.717, 1.165) is 19.1 Å². The van der Waals surface area contributed by atoms with Crippen molar-refractivity contribution in [1.29, 1.82) is 0 Å². The van der Waals surface area contributed by atoms with Crippen molar-refractivity contribution >= 4 is 35.6 Å².